The highest BCUT2D eigenvalue weighted by Gasteiger charge is 2.35. The van der Waals surface area contributed by atoms with E-state index in [0.29, 0.717) is 5.56 Å². The van der Waals surface area contributed by atoms with E-state index in [2.05, 4.69) is 61.0 Å². The Kier molecular flexibility index (Phi) is 16.8. The van der Waals surface area contributed by atoms with Gasteiger partial charge in [0.05, 0.1) is 28.8 Å². The number of aromatic nitrogens is 2. The van der Waals surface area contributed by atoms with E-state index in [1.54, 1.807) is 30.0 Å². The summed E-state index contributed by atoms with van der Waals surface area (Å²) in [6.45, 7) is 7.96. The van der Waals surface area contributed by atoms with Gasteiger partial charge in [-0.3, -0.25) is 14.2 Å². The predicted molar refractivity (Wildman–Crippen MR) is 190 cm³/mol. The Morgan fingerprint density at radius 1 is 0.900 bits per heavy atom. The van der Waals surface area contributed by atoms with E-state index in [-0.39, 0.29) is 48.7 Å². The van der Waals surface area contributed by atoms with Gasteiger partial charge in [-0.05, 0) is 82.5 Å². The van der Waals surface area contributed by atoms with Crippen LogP contribution < -0.4 is 15.0 Å². The van der Waals surface area contributed by atoms with E-state index < -0.39 is 26.7 Å². The number of allylic oxidation sites excluding steroid dienone is 5. The SMILES string of the molecule is CC(C)=CCC/C(C)=C/CC/C(C)=C/CSc1ccccc1C(=O)NCC(=O)OCCOCCOc1no[n+]([O-])c1S(=O)(=O)c1ccccc1. The van der Waals surface area contributed by atoms with Crippen LogP contribution in [0.2, 0.25) is 0 Å². The highest BCUT2D eigenvalue weighted by atomic mass is 32.2. The van der Waals surface area contributed by atoms with Crippen molar-refractivity contribution in [2.45, 2.75) is 68.2 Å². The highest BCUT2D eigenvalue weighted by Crippen LogP contribution is 2.25. The third-order valence-corrected chi connectivity index (χ3v) is 9.86. The van der Waals surface area contributed by atoms with Crippen LogP contribution in [-0.4, -0.2) is 64.2 Å². The molecule has 0 radical (unpaired) electrons. The molecule has 1 N–H and O–H groups in total. The Balaban J connectivity index is 1.33. The number of carbonyl (C=O) groups excluding carboxylic acids is 2. The summed E-state index contributed by atoms with van der Waals surface area (Å²) in [5.41, 5.74) is 4.52. The van der Waals surface area contributed by atoms with Gasteiger partial charge in [0.15, 0.2) is 0 Å². The van der Waals surface area contributed by atoms with Gasteiger partial charge in [-0.25, -0.2) is 8.42 Å². The fraction of sp³-hybridized carbons (Fsp3) is 0.389. The van der Waals surface area contributed by atoms with Gasteiger partial charge < -0.3 is 24.7 Å². The first kappa shape index (κ1) is 40.0. The predicted octanol–water partition coefficient (Wildman–Crippen LogP) is 6.02. The molecule has 1 amide bonds. The van der Waals surface area contributed by atoms with Gasteiger partial charge in [-0.1, -0.05) is 65.3 Å². The lowest BCUT2D eigenvalue weighted by atomic mass is 10.1. The number of sulfone groups is 1. The molecule has 1 heterocycles. The molecule has 14 heteroatoms. The van der Waals surface area contributed by atoms with Crippen LogP contribution in [0.3, 0.4) is 0 Å². The third-order valence-electron chi connectivity index (χ3n) is 7.13. The lowest BCUT2D eigenvalue weighted by molar-refractivity contribution is -0.832. The number of esters is 1. The van der Waals surface area contributed by atoms with Crippen molar-refractivity contribution in [2.24, 2.45) is 0 Å². The number of hydrogen-bond acceptors (Lipinski definition) is 11. The van der Waals surface area contributed by atoms with Crippen LogP contribution in [0.25, 0.3) is 0 Å². The third kappa shape index (κ3) is 13.5. The van der Waals surface area contributed by atoms with Crippen LogP contribution in [0.5, 0.6) is 5.88 Å². The van der Waals surface area contributed by atoms with Crippen molar-refractivity contribution >= 4 is 33.5 Å². The van der Waals surface area contributed by atoms with Gasteiger partial charge in [0.25, 0.3) is 15.7 Å². The van der Waals surface area contributed by atoms with Crippen LogP contribution in [0, 0.1) is 5.21 Å². The van der Waals surface area contributed by atoms with E-state index in [1.165, 1.54) is 41.0 Å². The minimum absolute atomic E-state index is 0.0111. The van der Waals surface area contributed by atoms with Gasteiger partial charge in [0.2, 0.25) is 0 Å². The number of thioether (sulfide) groups is 1. The number of ether oxygens (including phenoxy) is 3. The molecule has 270 valence electrons. The topological polar surface area (TPSA) is 161 Å². The van der Waals surface area contributed by atoms with Crippen molar-refractivity contribution in [3.63, 3.8) is 0 Å². The lowest BCUT2D eigenvalue weighted by Gasteiger charge is -2.10. The van der Waals surface area contributed by atoms with E-state index in [0.717, 1.165) is 36.3 Å². The summed E-state index contributed by atoms with van der Waals surface area (Å²) in [5.74, 6) is -0.797. The van der Waals surface area contributed by atoms with Gasteiger partial charge in [-0.2, -0.15) is 0 Å². The smallest absolute Gasteiger partial charge is 0.415 e. The molecule has 1 aromatic heterocycles. The zero-order valence-corrected chi connectivity index (χ0v) is 30.5. The molecule has 0 atom stereocenters. The number of carbonyl (C=O) groups is 2. The summed E-state index contributed by atoms with van der Waals surface area (Å²) < 4.78 is 45.8. The summed E-state index contributed by atoms with van der Waals surface area (Å²) in [6.07, 6.45) is 10.9. The zero-order chi connectivity index (χ0) is 36.4. The molecular formula is C36H45N3O9S2. The Labute approximate surface area is 298 Å². The maximum Gasteiger partial charge on any atom is 0.415 e. The van der Waals surface area contributed by atoms with Crippen molar-refractivity contribution in [1.82, 2.24) is 10.5 Å². The molecule has 0 aliphatic heterocycles. The van der Waals surface area contributed by atoms with E-state index in [4.69, 9.17) is 14.2 Å². The summed E-state index contributed by atoms with van der Waals surface area (Å²) in [6, 6.07) is 14.6. The Hall–Kier alpha value is -4.40. The molecule has 2 aromatic carbocycles. The largest absolute Gasteiger partial charge is 0.462 e. The number of hydrogen-bond donors (Lipinski definition) is 1. The second-order valence-electron chi connectivity index (χ2n) is 11.5. The average Bonchev–Trinajstić information content (AvgIpc) is 3.47. The molecule has 12 nitrogen and oxygen atoms in total. The standard InChI is InChI=1S/C36H45N3O9S2/c1-27(2)12-10-13-28(3)14-11-15-29(4)20-25-49-32-19-9-8-18-31(32)34(41)37-26-33(40)46-23-21-45-22-24-47-35-36(39(42)48-38-35)50(43,44)30-16-6-5-7-17-30/h5-9,12,14,16-20H,10-11,13,15,21-26H2,1-4H3,(H,37,41)/b28-14+,29-20+. The first-order chi connectivity index (χ1) is 24.0. The summed E-state index contributed by atoms with van der Waals surface area (Å²) in [4.78, 5) is 25.5. The Bertz CT molecular complexity index is 1750. The maximum atomic E-state index is 12.9. The fourth-order valence-corrected chi connectivity index (χ4v) is 6.78. The second-order valence-corrected chi connectivity index (χ2v) is 14.4. The molecule has 0 fully saturated rings. The molecule has 0 saturated carbocycles. The van der Waals surface area contributed by atoms with Crippen LogP contribution in [0.4, 0.5) is 0 Å². The van der Waals surface area contributed by atoms with E-state index in [9.17, 15) is 23.2 Å². The van der Waals surface area contributed by atoms with E-state index in [1.807, 2.05) is 12.1 Å². The number of nitrogens with zero attached hydrogens (tertiary/aromatic N) is 2. The van der Waals surface area contributed by atoms with Crippen molar-refractivity contribution < 1.29 is 41.7 Å². The Morgan fingerprint density at radius 2 is 1.56 bits per heavy atom. The zero-order valence-electron chi connectivity index (χ0n) is 28.9. The number of benzene rings is 2. The highest BCUT2D eigenvalue weighted by molar-refractivity contribution is 7.99. The van der Waals surface area contributed by atoms with Crippen molar-refractivity contribution in [3.8, 4) is 5.88 Å². The number of rotatable bonds is 21. The van der Waals surface area contributed by atoms with Crippen LogP contribution in [0.1, 0.15) is 63.7 Å². The van der Waals surface area contributed by atoms with Gasteiger partial charge in [0.1, 0.15) is 19.8 Å². The number of nitrogens with one attached hydrogen (secondary N) is 1. The molecule has 0 spiro atoms. The van der Waals surface area contributed by atoms with Crippen LogP contribution in [0.15, 0.2) is 109 Å². The average molecular weight is 728 g/mol. The molecule has 0 bridgehead atoms. The molecule has 0 aliphatic carbocycles. The first-order valence-electron chi connectivity index (χ1n) is 16.2. The fourth-order valence-electron chi connectivity index (χ4n) is 4.45. The molecule has 0 unspecified atom stereocenters. The first-order valence-corrected chi connectivity index (χ1v) is 18.7. The molecule has 0 saturated heterocycles. The quantitative estimate of drug-likeness (QED) is 0.0449. The monoisotopic (exact) mass is 727 g/mol. The molecule has 50 heavy (non-hydrogen) atoms. The van der Waals surface area contributed by atoms with Gasteiger partial charge in [-0.15, -0.1) is 11.8 Å². The molecule has 0 aliphatic rings. The van der Waals surface area contributed by atoms with Crippen molar-refractivity contribution in [3.05, 3.63) is 100 Å². The summed E-state index contributed by atoms with van der Waals surface area (Å²) >= 11 is 1.56. The summed E-state index contributed by atoms with van der Waals surface area (Å²) in [7, 11) is -4.23. The van der Waals surface area contributed by atoms with Crippen molar-refractivity contribution in [2.75, 3.05) is 38.7 Å². The molecule has 3 rings (SSSR count). The molecule has 3 aromatic rings. The van der Waals surface area contributed by atoms with E-state index >= 15 is 0 Å². The van der Waals surface area contributed by atoms with Crippen LogP contribution >= 0.6 is 11.8 Å². The minimum atomic E-state index is -4.23. The summed E-state index contributed by atoms with van der Waals surface area (Å²) in [5, 5.41) is 17.2. The lowest BCUT2D eigenvalue weighted by Crippen LogP contribution is -2.31. The van der Waals surface area contributed by atoms with Gasteiger partial charge >= 0.3 is 16.9 Å². The van der Waals surface area contributed by atoms with Gasteiger partial charge in [0, 0.05) is 10.6 Å². The van der Waals surface area contributed by atoms with Crippen molar-refractivity contribution in [1.29, 1.82) is 0 Å². The maximum absolute atomic E-state index is 12.9. The Morgan fingerprint density at radius 3 is 2.30 bits per heavy atom. The number of amides is 1. The van der Waals surface area contributed by atoms with Crippen LogP contribution in [-0.2, 0) is 24.1 Å². The molecular weight excluding hydrogens is 683 g/mol. The second kappa shape index (κ2) is 21.0. The minimum Gasteiger partial charge on any atom is -0.462 e. The normalized spacial score (nSPS) is 12.0.